The molecule has 0 saturated carbocycles. The van der Waals surface area contributed by atoms with E-state index in [0.717, 1.165) is 6.54 Å². The molecule has 94 valence electrons. The van der Waals surface area contributed by atoms with Crippen molar-refractivity contribution in [1.29, 1.82) is 0 Å². The van der Waals surface area contributed by atoms with Gasteiger partial charge in [-0.15, -0.1) is 0 Å². The molecule has 1 aromatic carbocycles. The molecule has 2 heteroatoms. The standard InChI is InChI=1S/C16H20N2/c1-12-5-4-6-13(2)16(12)11-18-14(3)15-7-9-17-10-8-15/h4-10,14,18H,11H2,1-3H3. The summed E-state index contributed by atoms with van der Waals surface area (Å²) < 4.78 is 0. The van der Waals surface area contributed by atoms with Crippen molar-refractivity contribution in [1.82, 2.24) is 10.3 Å². The lowest BCUT2D eigenvalue weighted by atomic mass is 10.0. The molecule has 1 N–H and O–H groups in total. The topological polar surface area (TPSA) is 24.9 Å². The molecule has 0 saturated heterocycles. The van der Waals surface area contributed by atoms with Crippen molar-refractivity contribution in [2.24, 2.45) is 0 Å². The van der Waals surface area contributed by atoms with Crippen LogP contribution in [0.5, 0.6) is 0 Å². The van der Waals surface area contributed by atoms with E-state index in [0.29, 0.717) is 6.04 Å². The van der Waals surface area contributed by atoms with Crippen LogP contribution in [0.15, 0.2) is 42.7 Å². The van der Waals surface area contributed by atoms with E-state index in [1.54, 1.807) is 0 Å². The number of pyridine rings is 1. The summed E-state index contributed by atoms with van der Waals surface area (Å²) in [4.78, 5) is 4.05. The van der Waals surface area contributed by atoms with Crippen molar-refractivity contribution in [3.8, 4) is 0 Å². The molecule has 0 fully saturated rings. The van der Waals surface area contributed by atoms with Gasteiger partial charge in [-0.05, 0) is 55.2 Å². The van der Waals surface area contributed by atoms with Gasteiger partial charge in [-0.2, -0.15) is 0 Å². The summed E-state index contributed by atoms with van der Waals surface area (Å²) in [7, 11) is 0. The van der Waals surface area contributed by atoms with Crippen LogP contribution in [0.4, 0.5) is 0 Å². The second-order valence-corrected chi connectivity index (χ2v) is 4.75. The van der Waals surface area contributed by atoms with Gasteiger partial charge in [-0.25, -0.2) is 0 Å². The first-order chi connectivity index (χ1) is 8.68. The zero-order valence-electron chi connectivity index (χ0n) is 11.3. The maximum Gasteiger partial charge on any atom is 0.0296 e. The molecule has 0 aliphatic carbocycles. The Morgan fingerprint density at radius 2 is 1.67 bits per heavy atom. The minimum Gasteiger partial charge on any atom is -0.306 e. The predicted molar refractivity (Wildman–Crippen MR) is 75.4 cm³/mol. The second-order valence-electron chi connectivity index (χ2n) is 4.75. The van der Waals surface area contributed by atoms with Crippen molar-refractivity contribution >= 4 is 0 Å². The fourth-order valence-corrected chi connectivity index (χ4v) is 2.15. The van der Waals surface area contributed by atoms with Gasteiger partial charge in [-0.1, -0.05) is 18.2 Å². The number of rotatable bonds is 4. The van der Waals surface area contributed by atoms with Crippen molar-refractivity contribution in [2.75, 3.05) is 0 Å². The zero-order chi connectivity index (χ0) is 13.0. The molecule has 0 spiro atoms. The number of nitrogens with one attached hydrogen (secondary N) is 1. The Labute approximate surface area is 109 Å². The molecule has 0 aliphatic rings. The molecule has 2 aromatic rings. The van der Waals surface area contributed by atoms with Crippen LogP contribution >= 0.6 is 0 Å². The lowest BCUT2D eigenvalue weighted by Gasteiger charge is -2.16. The van der Waals surface area contributed by atoms with E-state index in [9.17, 15) is 0 Å². The zero-order valence-corrected chi connectivity index (χ0v) is 11.3. The highest BCUT2D eigenvalue weighted by Crippen LogP contribution is 2.16. The van der Waals surface area contributed by atoms with E-state index in [1.807, 2.05) is 12.4 Å². The average Bonchev–Trinajstić information content (AvgIpc) is 2.39. The Balaban J connectivity index is 2.04. The summed E-state index contributed by atoms with van der Waals surface area (Å²) in [5.41, 5.74) is 5.38. The van der Waals surface area contributed by atoms with Crippen LogP contribution in [0.1, 0.15) is 35.2 Å². The maximum atomic E-state index is 4.05. The van der Waals surface area contributed by atoms with Crippen molar-refractivity contribution in [3.63, 3.8) is 0 Å². The molecule has 1 atom stereocenters. The molecular formula is C16H20N2. The van der Waals surface area contributed by atoms with E-state index < -0.39 is 0 Å². The van der Waals surface area contributed by atoms with Gasteiger partial charge in [0.2, 0.25) is 0 Å². The minimum absolute atomic E-state index is 0.340. The maximum absolute atomic E-state index is 4.05. The summed E-state index contributed by atoms with van der Waals surface area (Å²) in [6.07, 6.45) is 3.68. The fourth-order valence-electron chi connectivity index (χ4n) is 2.15. The SMILES string of the molecule is Cc1cccc(C)c1CNC(C)c1ccncc1. The molecule has 2 nitrogen and oxygen atoms in total. The summed E-state index contributed by atoms with van der Waals surface area (Å²) >= 11 is 0. The van der Waals surface area contributed by atoms with Gasteiger partial charge < -0.3 is 5.32 Å². The van der Waals surface area contributed by atoms with Gasteiger partial charge in [0.15, 0.2) is 0 Å². The summed E-state index contributed by atoms with van der Waals surface area (Å²) in [6, 6.07) is 10.9. The summed E-state index contributed by atoms with van der Waals surface area (Å²) in [6.45, 7) is 7.42. The third-order valence-electron chi connectivity index (χ3n) is 3.44. The van der Waals surface area contributed by atoms with Crippen LogP contribution in [0, 0.1) is 13.8 Å². The third kappa shape index (κ3) is 2.96. The number of aryl methyl sites for hydroxylation is 2. The van der Waals surface area contributed by atoms with Crippen molar-refractivity contribution in [3.05, 3.63) is 65.0 Å². The number of nitrogens with zero attached hydrogens (tertiary/aromatic N) is 1. The van der Waals surface area contributed by atoms with Crippen LogP contribution in [0.25, 0.3) is 0 Å². The summed E-state index contributed by atoms with van der Waals surface area (Å²) in [5, 5.41) is 3.57. The van der Waals surface area contributed by atoms with E-state index in [-0.39, 0.29) is 0 Å². The monoisotopic (exact) mass is 240 g/mol. The van der Waals surface area contributed by atoms with Crippen molar-refractivity contribution in [2.45, 2.75) is 33.4 Å². The van der Waals surface area contributed by atoms with Crippen LogP contribution in [0.2, 0.25) is 0 Å². The van der Waals surface area contributed by atoms with E-state index in [4.69, 9.17) is 0 Å². The molecule has 0 aliphatic heterocycles. The molecule has 1 unspecified atom stereocenters. The van der Waals surface area contributed by atoms with Gasteiger partial charge in [0, 0.05) is 25.0 Å². The molecule has 0 amide bonds. The Morgan fingerprint density at radius 1 is 1.06 bits per heavy atom. The van der Waals surface area contributed by atoms with Crippen LogP contribution in [-0.4, -0.2) is 4.98 Å². The highest BCUT2D eigenvalue weighted by Gasteiger charge is 2.06. The largest absolute Gasteiger partial charge is 0.306 e. The number of hydrogen-bond acceptors (Lipinski definition) is 2. The van der Waals surface area contributed by atoms with E-state index in [2.05, 4.69) is 61.4 Å². The Bertz CT molecular complexity index is 486. The Hall–Kier alpha value is -1.67. The molecule has 0 bridgehead atoms. The van der Waals surface area contributed by atoms with Gasteiger partial charge in [-0.3, -0.25) is 4.98 Å². The quantitative estimate of drug-likeness (QED) is 0.884. The normalized spacial score (nSPS) is 12.4. The molecule has 0 radical (unpaired) electrons. The summed E-state index contributed by atoms with van der Waals surface area (Å²) in [5.74, 6) is 0. The first-order valence-corrected chi connectivity index (χ1v) is 6.37. The Morgan fingerprint density at radius 3 is 2.28 bits per heavy atom. The third-order valence-corrected chi connectivity index (χ3v) is 3.44. The number of benzene rings is 1. The Kier molecular flexibility index (Phi) is 4.11. The predicted octanol–water partition coefficient (Wildman–Crippen LogP) is 3.55. The first-order valence-electron chi connectivity index (χ1n) is 6.37. The van der Waals surface area contributed by atoms with Gasteiger partial charge in [0.1, 0.15) is 0 Å². The first kappa shape index (κ1) is 12.8. The van der Waals surface area contributed by atoms with Gasteiger partial charge >= 0.3 is 0 Å². The van der Waals surface area contributed by atoms with E-state index in [1.165, 1.54) is 22.3 Å². The smallest absolute Gasteiger partial charge is 0.0296 e. The molecule has 1 aromatic heterocycles. The second kappa shape index (κ2) is 5.78. The highest BCUT2D eigenvalue weighted by molar-refractivity contribution is 5.33. The van der Waals surface area contributed by atoms with Gasteiger partial charge in [0.25, 0.3) is 0 Å². The number of hydrogen-bond donors (Lipinski definition) is 1. The number of aromatic nitrogens is 1. The average molecular weight is 240 g/mol. The molecule has 2 rings (SSSR count). The lowest BCUT2D eigenvalue weighted by molar-refractivity contribution is 0.571. The van der Waals surface area contributed by atoms with Crippen LogP contribution < -0.4 is 5.32 Å². The lowest BCUT2D eigenvalue weighted by Crippen LogP contribution is -2.19. The molecule has 1 heterocycles. The minimum atomic E-state index is 0.340. The van der Waals surface area contributed by atoms with Crippen LogP contribution in [0.3, 0.4) is 0 Å². The van der Waals surface area contributed by atoms with E-state index >= 15 is 0 Å². The molecule has 18 heavy (non-hydrogen) atoms. The highest BCUT2D eigenvalue weighted by atomic mass is 14.9. The van der Waals surface area contributed by atoms with Gasteiger partial charge in [0.05, 0.1) is 0 Å². The van der Waals surface area contributed by atoms with Crippen molar-refractivity contribution < 1.29 is 0 Å². The fraction of sp³-hybridized carbons (Fsp3) is 0.312. The molecular weight excluding hydrogens is 220 g/mol. The van der Waals surface area contributed by atoms with Crippen LogP contribution in [-0.2, 0) is 6.54 Å².